The number of hydrogen-bond donors (Lipinski definition) is 1. The van der Waals surface area contributed by atoms with Crippen LogP contribution in [0, 0.1) is 36.3 Å². The van der Waals surface area contributed by atoms with Gasteiger partial charge in [-0.05, 0) is 45.7 Å². The van der Waals surface area contributed by atoms with Gasteiger partial charge in [-0.25, -0.2) is 0 Å². The molecule has 2 rings (SSSR count). The second kappa shape index (κ2) is 5.64. The average Bonchev–Trinajstić information content (AvgIpc) is 2.81. The number of rotatable bonds is 3. The van der Waals surface area contributed by atoms with E-state index in [1.807, 2.05) is 0 Å². The van der Waals surface area contributed by atoms with Gasteiger partial charge in [-0.2, -0.15) is 0 Å². The van der Waals surface area contributed by atoms with Crippen molar-refractivity contribution < 1.29 is 19.6 Å². The first-order valence-electron chi connectivity index (χ1n) is 7.36. The third-order valence-electron chi connectivity index (χ3n) is 4.60. The molecule has 1 saturated heterocycles. The topological polar surface area (TPSA) is 101 Å². The number of amides is 1. The molecule has 0 bridgehead atoms. The molecule has 7 nitrogen and oxygen atoms in total. The summed E-state index contributed by atoms with van der Waals surface area (Å²) >= 11 is 0. The molecule has 1 amide bonds. The Hall–Kier alpha value is -2.44. The summed E-state index contributed by atoms with van der Waals surface area (Å²) in [5.74, 6) is -1.27. The zero-order valence-corrected chi connectivity index (χ0v) is 13.7. The number of hydrogen-bond acceptors (Lipinski definition) is 4. The summed E-state index contributed by atoms with van der Waals surface area (Å²) in [6, 6.07) is 1.63. The summed E-state index contributed by atoms with van der Waals surface area (Å²) < 4.78 is 0. The lowest BCUT2D eigenvalue weighted by atomic mass is 9.90. The van der Waals surface area contributed by atoms with E-state index >= 15 is 0 Å². The highest BCUT2D eigenvalue weighted by atomic mass is 16.6. The van der Waals surface area contributed by atoms with Crippen LogP contribution < -0.4 is 0 Å². The standard InChI is InChI=1S/C16H20N2O5/c1-9-7-10(2)13(18(22)23)11(3)12(9)14(19)17-6-5-16(4,8-17)15(20)21/h7H,5-6,8H2,1-4H3,(H,20,21). The van der Waals surface area contributed by atoms with E-state index < -0.39 is 16.3 Å². The van der Waals surface area contributed by atoms with Crippen LogP contribution in [0.5, 0.6) is 0 Å². The van der Waals surface area contributed by atoms with Gasteiger partial charge in [-0.15, -0.1) is 0 Å². The van der Waals surface area contributed by atoms with Crippen LogP contribution in [0.1, 0.15) is 40.4 Å². The number of aryl methyl sites for hydroxylation is 2. The molecule has 124 valence electrons. The lowest BCUT2D eigenvalue weighted by Gasteiger charge is -2.22. The summed E-state index contributed by atoms with van der Waals surface area (Å²) in [6.07, 6.45) is 0.375. The van der Waals surface area contributed by atoms with Crippen molar-refractivity contribution in [3.05, 3.63) is 38.4 Å². The van der Waals surface area contributed by atoms with E-state index in [0.29, 0.717) is 35.2 Å². The van der Waals surface area contributed by atoms with E-state index in [2.05, 4.69) is 0 Å². The highest BCUT2D eigenvalue weighted by Gasteiger charge is 2.43. The van der Waals surface area contributed by atoms with Gasteiger partial charge in [0.15, 0.2) is 0 Å². The Balaban J connectivity index is 2.44. The summed E-state index contributed by atoms with van der Waals surface area (Å²) in [6.45, 7) is 7.01. The number of carbonyl (C=O) groups excluding carboxylic acids is 1. The molecule has 1 aromatic rings. The molecular formula is C16H20N2O5. The van der Waals surface area contributed by atoms with Crippen LogP contribution in [0.4, 0.5) is 5.69 Å². The van der Waals surface area contributed by atoms with E-state index in [4.69, 9.17) is 0 Å². The Morgan fingerprint density at radius 2 is 1.91 bits per heavy atom. The second-order valence-corrected chi connectivity index (χ2v) is 6.46. The van der Waals surface area contributed by atoms with Crippen LogP contribution in [0.15, 0.2) is 6.07 Å². The normalized spacial score (nSPS) is 20.6. The Kier molecular flexibility index (Phi) is 4.15. The van der Waals surface area contributed by atoms with Crippen LogP contribution in [0.25, 0.3) is 0 Å². The smallest absolute Gasteiger partial charge is 0.311 e. The predicted molar refractivity (Wildman–Crippen MR) is 83.6 cm³/mol. The minimum absolute atomic E-state index is 0.0563. The predicted octanol–water partition coefficient (Wildman–Crippen LogP) is 2.46. The van der Waals surface area contributed by atoms with Gasteiger partial charge >= 0.3 is 5.97 Å². The maximum atomic E-state index is 12.8. The summed E-state index contributed by atoms with van der Waals surface area (Å²) in [5.41, 5.74) is 0.795. The van der Waals surface area contributed by atoms with Crippen molar-refractivity contribution in [2.75, 3.05) is 13.1 Å². The van der Waals surface area contributed by atoms with E-state index in [9.17, 15) is 24.8 Å². The van der Waals surface area contributed by atoms with E-state index in [0.717, 1.165) is 0 Å². The minimum Gasteiger partial charge on any atom is -0.481 e. The van der Waals surface area contributed by atoms with Gasteiger partial charge < -0.3 is 10.0 Å². The van der Waals surface area contributed by atoms with Gasteiger partial charge in [0.05, 0.1) is 15.9 Å². The minimum atomic E-state index is -0.964. The van der Waals surface area contributed by atoms with Crippen molar-refractivity contribution in [1.29, 1.82) is 0 Å². The first-order chi connectivity index (χ1) is 10.6. The number of likely N-dealkylation sites (tertiary alicyclic amines) is 1. The van der Waals surface area contributed by atoms with Crippen molar-refractivity contribution in [3.63, 3.8) is 0 Å². The fraction of sp³-hybridized carbons (Fsp3) is 0.500. The average molecular weight is 320 g/mol. The number of aliphatic carboxylic acids is 1. The third kappa shape index (κ3) is 2.78. The quantitative estimate of drug-likeness (QED) is 0.681. The van der Waals surface area contributed by atoms with Gasteiger partial charge in [0.25, 0.3) is 11.6 Å². The fourth-order valence-corrected chi connectivity index (χ4v) is 3.25. The molecule has 1 aliphatic rings. The van der Waals surface area contributed by atoms with Crippen LogP contribution in [0.2, 0.25) is 0 Å². The van der Waals surface area contributed by atoms with Gasteiger partial charge in [0.1, 0.15) is 0 Å². The molecule has 1 N–H and O–H groups in total. The fourth-order valence-electron chi connectivity index (χ4n) is 3.25. The molecule has 0 radical (unpaired) electrons. The van der Waals surface area contributed by atoms with Gasteiger partial charge in [0, 0.05) is 24.2 Å². The number of carboxylic acid groups (broad SMARTS) is 1. The molecule has 1 aliphatic heterocycles. The zero-order chi connectivity index (χ0) is 17.5. The molecule has 23 heavy (non-hydrogen) atoms. The van der Waals surface area contributed by atoms with Crippen LogP contribution >= 0.6 is 0 Å². The number of benzene rings is 1. The van der Waals surface area contributed by atoms with Crippen molar-refractivity contribution in [1.82, 2.24) is 4.90 Å². The molecule has 1 heterocycles. The molecule has 1 atom stereocenters. The summed E-state index contributed by atoms with van der Waals surface area (Å²) in [5, 5.41) is 20.5. The Labute approximate surface area is 134 Å². The van der Waals surface area contributed by atoms with E-state index in [1.54, 1.807) is 33.8 Å². The van der Waals surface area contributed by atoms with E-state index in [-0.39, 0.29) is 18.1 Å². The Morgan fingerprint density at radius 1 is 1.30 bits per heavy atom. The molecule has 1 aromatic carbocycles. The van der Waals surface area contributed by atoms with Crippen LogP contribution in [0.3, 0.4) is 0 Å². The van der Waals surface area contributed by atoms with Crippen molar-refractivity contribution in [2.24, 2.45) is 5.41 Å². The van der Waals surface area contributed by atoms with Crippen molar-refractivity contribution in [2.45, 2.75) is 34.1 Å². The largest absolute Gasteiger partial charge is 0.481 e. The number of carboxylic acids is 1. The van der Waals surface area contributed by atoms with E-state index in [1.165, 1.54) is 4.90 Å². The molecule has 0 aromatic heterocycles. The molecule has 1 fully saturated rings. The maximum Gasteiger partial charge on any atom is 0.311 e. The molecule has 0 saturated carbocycles. The number of nitrogens with zero attached hydrogens (tertiary/aromatic N) is 2. The Morgan fingerprint density at radius 3 is 2.39 bits per heavy atom. The monoisotopic (exact) mass is 320 g/mol. The zero-order valence-electron chi connectivity index (χ0n) is 13.7. The first kappa shape index (κ1) is 16.9. The molecule has 7 heteroatoms. The number of carbonyl (C=O) groups is 2. The van der Waals surface area contributed by atoms with Gasteiger partial charge in [-0.3, -0.25) is 19.7 Å². The number of nitro groups is 1. The third-order valence-corrected chi connectivity index (χ3v) is 4.60. The van der Waals surface area contributed by atoms with Gasteiger partial charge in [0.2, 0.25) is 0 Å². The molecule has 0 aliphatic carbocycles. The number of nitro benzene ring substituents is 1. The summed E-state index contributed by atoms with van der Waals surface area (Å²) in [4.78, 5) is 36.4. The molecule has 0 spiro atoms. The molecule has 1 unspecified atom stereocenters. The SMILES string of the molecule is Cc1cc(C)c([N+](=O)[O-])c(C)c1C(=O)N1CCC(C)(C(=O)O)C1. The van der Waals surface area contributed by atoms with Crippen molar-refractivity contribution >= 4 is 17.6 Å². The van der Waals surface area contributed by atoms with Crippen LogP contribution in [-0.4, -0.2) is 39.9 Å². The summed E-state index contributed by atoms with van der Waals surface area (Å²) in [7, 11) is 0. The first-order valence-corrected chi connectivity index (χ1v) is 7.36. The lowest BCUT2D eigenvalue weighted by molar-refractivity contribution is -0.386. The van der Waals surface area contributed by atoms with Gasteiger partial charge in [-0.1, -0.05) is 0 Å². The highest BCUT2D eigenvalue weighted by molar-refractivity contribution is 5.99. The lowest BCUT2D eigenvalue weighted by Crippen LogP contribution is -2.35. The van der Waals surface area contributed by atoms with Crippen molar-refractivity contribution in [3.8, 4) is 0 Å². The second-order valence-electron chi connectivity index (χ2n) is 6.46. The maximum absolute atomic E-state index is 12.8. The Bertz CT molecular complexity index is 713. The molecular weight excluding hydrogens is 300 g/mol. The highest BCUT2D eigenvalue weighted by Crippen LogP contribution is 2.34. The van der Waals surface area contributed by atoms with Crippen LogP contribution in [-0.2, 0) is 4.79 Å².